The zero-order valence-corrected chi connectivity index (χ0v) is 21.3. The molecule has 1 fully saturated rings. The quantitative estimate of drug-likeness (QED) is 0.517. The maximum atomic E-state index is 13.7. The largest absolute Gasteiger partial charge is 0.495 e. The Bertz CT molecular complexity index is 1350. The van der Waals surface area contributed by atoms with Gasteiger partial charge in [0, 0.05) is 24.0 Å². The van der Waals surface area contributed by atoms with Crippen LogP contribution in [0.1, 0.15) is 58.5 Å². The molecule has 0 spiro atoms. The molecule has 1 aliphatic rings. The van der Waals surface area contributed by atoms with Gasteiger partial charge in [-0.05, 0) is 75.4 Å². The number of likely N-dealkylation sites (tertiary alicyclic amines) is 1. The van der Waals surface area contributed by atoms with Crippen LogP contribution in [0.3, 0.4) is 0 Å². The van der Waals surface area contributed by atoms with Crippen molar-refractivity contribution >= 4 is 32.6 Å². The van der Waals surface area contributed by atoms with Gasteiger partial charge in [-0.25, -0.2) is 8.42 Å². The fourth-order valence-corrected chi connectivity index (χ4v) is 6.10. The average Bonchev–Trinajstić information content (AvgIpc) is 2.96. The number of nitrogens with one attached hydrogen (secondary N) is 1. The molecule has 2 heterocycles. The van der Waals surface area contributed by atoms with Crippen LogP contribution in [0.5, 0.6) is 5.75 Å². The molecule has 0 saturated carbocycles. The van der Waals surface area contributed by atoms with Gasteiger partial charge in [0.25, 0.3) is 15.9 Å². The predicted octanol–water partition coefficient (Wildman–Crippen LogP) is 5.49. The van der Waals surface area contributed by atoms with Crippen LogP contribution < -0.4 is 9.46 Å². The SMILES string of the molecule is COc1ccc(C)cc1NS(=O)(=O)c1c(C)c(C)cc2c(C)c(C(=O)N3CCCCCC3)oc12. The summed E-state index contributed by atoms with van der Waals surface area (Å²) in [7, 11) is -2.56. The van der Waals surface area contributed by atoms with Crippen molar-refractivity contribution in [3.8, 4) is 5.75 Å². The second kappa shape index (κ2) is 9.33. The number of benzene rings is 2. The molecule has 3 aromatic rings. The topological polar surface area (TPSA) is 88.8 Å². The lowest BCUT2D eigenvalue weighted by molar-refractivity contribution is 0.0731. The summed E-state index contributed by atoms with van der Waals surface area (Å²) in [6, 6.07) is 7.19. The molecule has 1 N–H and O–H groups in total. The number of ether oxygens (including phenoxy) is 1. The minimum atomic E-state index is -4.05. The van der Waals surface area contributed by atoms with Crippen LogP contribution in [0, 0.1) is 27.7 Å². The molecule has 0 bridgehead atoms. The van der Waals surface area contributed by atoms with E-state index >= 15 is 0 Å². The van der Waals surface area contributed by atoms with Crippen LogP contribution in [0.15, 0.2) is 33.6 Å². The normalized spacial score (nSPS) is 14.8. The van der Waals surface area contributed by atoms with Gasteiger partial charge < -0.3 is 14.1 Å². The van der Waals surface area contributed by atoms with Gasteiger partial charge in [-0.1, -0.05) is 18.9 Å². The molecule has 34 heavy (non-hydrogen) atoms. The van der Waals surface area contributed by atoms with Crippen molar-refractivity contribution < 1.29 is 22.4 Å². The summed E-state index contributed by atoms with van der Waals surface area (Å²) in [5.41, 5.74) is 3.50. The third kappa shape index (κ3) is 4.39. The fourth-order valence-electron chi connectivity index (χ4n) is 4.59. The minimum Gasteiger partial charge on any atom is -0.495 e. The molecule has 1 aliphatic heterocycles. The number of carbonyl (C=O) groups excluding carboxylic acids is 1. The van der Waals surface area contributed by atoms with Crippen LogP contribution in [0.4, 0.5) is 5.69 Å². The van der Waals surface area contributed by atoms with Crippen LogP contribution in [-0.2, 0) is 10.0 Å². The first-order chi connectivity index (χ1) is 16.1. The summed E-state index contributed by atoms with van der Waals surface area (Å²) < 4.78 is 41.5. The highest BCUT2D eigenvalue weighted by atomic mass is 32.2. The van der Waals surface area contributed by atoms with Crippen molar-refractivity contribution in [3.63, 3.8) is 0 Å². The molecule has 1 amide bonds. The Kier molecular flexibility index (Phi) is 6.62. The van der Waals surface area contributed by atoms with Gasteiger partial charge in [-0.15, -0.1) is 0 Å². The number of hydrogen-bond acceptors (Lipinski definition) is 5. The number of rotatable bonds is 5. The molecule has 182 valence electrons. The third-order valence-electron chi connectivity index (χ3n) is 6.65. The highest BCUT2D eigenvalue weighted by molar-refractivity contribution is 7.93. The maximum absolute atomic E-state index is 13.7. The highest BCUT2D eigenvalue weighted by Crippen LogP contribution is 2.37. The Morgan fingerprint density at radius 2 is 1.68 bits per heavy atom. The Balaban J connectivity index is 1.84. The Hall–Kier alpha value is -3.00. The second-order valence-corrected chi connectivity index (χ2v) is 10.7. The van der Waals surface area contributed by atoms with Crippen molar-refractivity contribution in [2.45, 2.75) is 58.3 Å². The zero-order valence-electron chi connectivity index (χ0n) is 20.4. The second-order valence-electron chi connectivity index (χ2n) is 9.10. The van der Waals surface area contributed by atoms with E-state index < -0.39 is 10.0 Å². The fraction of sp³-hybridized carbons (Fsp3) is 0.423. The highest BCUT2D eigenvalue weighted by Gasteiger charge is 2.30. The summed E-state index contributed by atoms with van der Waals surface area (Å²) in [5.74, 6) is 0.456. The van der Waals surface area contributed by atoms with Gasteiger partial charge in [-0.2, -0.15) is 0 Å². The lowest BCUT2D eigenvalue weighted by Gasteiger charge is -2.19. The number of nitrogens with zero attached hydrogens (tertiary/aromatic N) is 1. The van der Waals surface area contributed by atoms with E-state index in [1.807, 2.05) is 37.8 Å². The summed E-state index contributed by atoms with van der Waals surface area (Å²) in [5, 5.41) is 0.637. The number of fused-ring (bicyclic) bond motifs is 1. The Morgan fingerprint density at radius 1 is 1.00 bits per heavy atom. The molecule has 0 unspecified atom stereocenters. The number of sulfonamides is 1. The third-order valence-corrected chi connectivity index (χ3v) is 8.17. The standard InChI is InChI=1S/C26H32N2O5S/c1-16-10-11-22(32-5)21(14-16)27-34(30,31)25-18(3)17(2)15-20-19(4)23(33-24(20)25)26(29)28-12-8-6-7-9-13-28/h10-11,14-15,27H,6-9,12-13H2,1-5H3. The molecule has 0 atom stereocenters. The van der Waals surface area contributed by atoms with Crippen molar-refractivity contribution in [1.82, 2.24) is 4.90 Å². The number of anilines is 1. The predicted molar refractivity (Wildman–Crippen MR) is 133 cm³/mol. The van der Waals surface area contributed by atoms with Gasteiger partial charge >= 0.3 is 0 Å². The maximum Gasteiger partial charge on any atom is 0.289 e. The number of hydrogen-bond donors (Lipinski definition) is 1. The molecule has 0 radical (unpaired) electrons. The van der Waals surface area contributed by atoms with Crippen molar-refractivity contribution in [2.24, 2.45) is 0 Å². The van der Waals surface area contributed by atoms with E-state index in [1.165, 1.54) is 7.11 Å². The number of methoxy groups -OCH3 is 1. The summed E-state index contributed by atoms with van der Waals surface area (Å²) >= 11 is 0. The molecule has 1 saturated heterocycles. The number of amides is 1. The molecule has 2 aromatic carbocycles. The van der Waals surface area contributed by atoms with Gasteiger partial charge in [-0.3, -0.25) is 9.52 Å². The number of aryl methyl sites for hydroxylation is 3. The first-order valence-electron chi connectivity index (χ1n) is 11.6. The van der Waals surface area contributed by atoms with Gasteiger partial charge in [0.05, 0.1) is 12.8 Å². The lowest BCUT2D eigenvalue weighted by atomic mass is 10.0. The first-order valence-corrected chi connectivity index (χ1v) is 13.1. The molecular formula is C26H32N2O5S. The minimum absolute atomic E-state index is 0.0454. The summed E-state index contributed by atoms with van der Waals surface area (Å²) in [4.78, 5) is 15.2. The van der Waals surface area contributed by atoms with Gasteiger partial charge in [0.15, 0.2) is 11.3 Å². The lowest BCUT2D eigenvalue weighted by Crippen LogP contribution is -2.31. The average molecular weight is 485 g/mol. The van der Waals surface area contributed by atoms with E-state index in [0.717, 1.165) is 36.8 Å². The molecule has 8 heteroatoms. The zero-order chi connectivity index (χ0) is 24.6. The van der Waals surface area contributed by atoms with Crippen molar-refractivity contribution in [1.29, 1.82) is 0 Å². The van der Waals surface area contributed by atoms with Crippen LogP contribution >= 0.6 is 0 Å². The van der Waals surface area contributed by atoms with E-state index in [9.17, 15) is 13.2 Å². The van der Waals surface area contributed by atoms with Crippen LogP contribution in [0.2, 0.25) is 0 Å². The monoisotopic (exact) mass is 484 g/mol. The van der Waals surface area contributed by atoms with E-state index in [2.05, 4.69) is 4.72 Å². The molecule has 0 aliphatic carbocycles. The first kappa shape index (κ1) is 24.1. The van der Waals surface area contributed by atoms with E-state index in [-0.39, 0.29) is 22.1 Å². The van der Waals surface area contributed by atoms with Crippen LogP contribution in [0.25, 0.3) is 11.0 Å². The summed E-state index contributed by atoms with van der Waals surface area (Å²) in [6.07, 6.45) is 4.14. The van der Waals surface area contributed by atoms with E-state index in [1.54, 1.807) is 19.1 Å². The molecule has 1 aromatic heterocycles. The van der Waals surface area contributed by atoms with Crippen molar-refractivity contribution in [2.75, 3.05) is 24.9 Å². The Morgan fingerprint density at radius 3 is 2.32 bits per heavy atom. The van der Waals surface area contributed by atoms with E-state index in [4.69, 9.17) is 9.15 Å². The smallest absolute Gasteiger partial charge is 0.289 e. The van der Waals surface area contributed by atoms with Crippen LogP contribution in [-0.4, -0.2) is 39.4 Å². The van der Waals surface area contributed by atoms with Gasteiger partial charge in [0.2, 0.25) is 0 Å². The Labute approximate surface area is 201 Å². The van der Waals surface area contributed by atoms with Gasteiger partial charge in [0.1, 0.15) is 10.6 Å². The summed E-state index contributed by atoms with van der Waals surface area (Å²) in [6.45, 7) is 8.69. The molecule has 4 rings (SSSR count). The number of carbonyl (C=O) groups is 1. The molecule has 7 nitrogen and oxygen atoms in total. The molecular weight excluding hydrogens is 452 g/mol. The van der Waals surface area contributed by atoms with E-state index in [0.29, 0.717) is 41.0 Å². The van der Waals surface area contributed by atoms with Crippen molar-refractivity contribution in [3.05, 3.63) is 52.3 Å². The number of furan rings is 1.